The molecule has 7 heteroatoms. The van der Waals surface area contributed by atoms with Gasteiger partial charge in [-0.2, -0.15) is 16.4 Å². The third kappa shape index (κ3) is 3.98. The second kappa shape index (κ2) is 6.95. The van der Waals surface area contributed by atoms with Crippen molar-refractivity contribution in [1.82, 2.24) is 14.7 Å². The summed E-state index contributed by atoms with van der Waals surface area (Å²) in [5, 5.41) is 17.1. The minimum absolute atomic E-state index is 0.131. The van der Waals surface area contributed by atoms with Gasteiger partial charge in [-0.15, -0.1) is 0 Å². The number of hydrogen-bond donors (Lipinski definition) is 1. The van der Waals surface area contributed by atoms with Crippen LogP contribution in [0.1, 0.15) is 30.0 Å². The van der Waals surface area contributed by atoms with Gasteiger partial charge in [-0.3, -0.25) is 14.3 Å². The van der Waals surface area contributed by atoms with E-state index in [4.69, 9.17) is 5.11 Å². The summed E-state index contributed by atoms with van der Waals surface area (Å²) in [5.41, 5.74) is 1.94. The first-order valence-electron chi connectivity index (χ1n) is 7.66. The predicted octanol–water partition coefficient (Wildman–Crippen LogP) is 1.98. The number of nitrogens with zero attached hydrogens (tertiary/aromatic N) is 3. The van der Waals surface area contributed by atoms with Crippen LogP contribution in [0.5, 0.6) is 0 Å². The zero-order valence-electron chi connectivity index (χ0n) is 12.7. The predicted molar refractivity (Wildman–Crippen MR) is 86.4 cm³/mol. The summed E-state index contributed by atoms with van der Waals surface area (Å²) in [6, 6.07) is 3.85. The molecule has 2 aromatic rings. The quantitative estimate of drug-likeness (QED) is 0.908. The summed E-state index contributed by atoms with van der Waals surface area (Å²) in [7, 11) is 0. The molecule has 122 valence electrons. The van der Waals surface area contributed by atoms with Gasteiger partial charge in [0, 0.05) is 25.2 Å². The number of carboxylic acids is 1. The lowest BCUT2D eigenvalue weighted by atomic mass is 9.94. The summed E-state index contributed by atoms with van der Waals surface area (Å²) in [5.74, 6) is -0.570. The molecule has 23 heavy (non-hydrogen) atoms. The lowest BCUT2D eigenvalue weighted by Crippen LogP contribution is -2.40. The molecule has 0 bridgehead atoms. The van der Waals surface area contributed by atoms with Gasteiger partial charge in [0.25, 0.3) is 0 Å². The highest BCUT2D eigenvalue weighted by atomic mass is 32.1. The third-order valence-corrected chi connectivity index (χ3v) is 4.82. The van der Waals surface area contributed by atoms with E-state index in [1.54, 1.807) is 17.5 Å². The molecular weight excluding hydrogens is 314 g/mol. The number of carbonyl (C=O) groups is 2. The molecule has 0 spiro atoms. The maximum Gasteiger partial charge on any atom is 0.325 e. The molecule has 3 heterocycles. The molecule has 2 aromatic heterocycles. The van der Waals surface area contributed by atoms with E-state index >= 15 is 0 Å². The van der Waals surface area contributed by atoms with Crippen LogP contribution < -0.4 is 0 Å². The minimum atomic E-state index is -0.907. The second-order valence-corrected chi connectivity index (χ2v) is 6.60. The smallest absolute Gasteiger partial charge is 0.325 e. The average molecular weight is 333 g/mol. The first-order valence-corrected chi connectivity index (χ1v) is 8.60. The summed E-state index contributed by atoms with van der Waals surface area (Å²) >= 11 is 1.60. The van der Waals surface area contributed by atoms with E-state index in [1.165, 1.54) is 4.68 Å². The number of hydrogen-bond acceptors (Lipinski definition) is 4. The fraction of sp³-hybridized carbons (Fsp3) is 0.438. The number of rotatable bonds is 5. The highest BCUT2D eigenvalue weighted by Crippen LogP contribution is 2.26. The summed E-state index contributed by atoms with van der Waals surface area (Å²) in [6.07, 6.45) is 4.07. The van der Waals surface area contributed by atoms with E-state index in [0.717, 1.165) is 30.6 Å². The number of carbonyl (C=O) groups excluding carboxylic acids is 1. The zero-order valence-corrected chi connectivity index (χ0v) is 13.5. The SMILES string of the molecule is O=C(O)Cn1ccc(C2CCCN(C(=O)Cc3ccsc3)C2)n1. The Morgan fingerprint density at radius 3 is 3.00 bits per heavy atom. The van der Waals surface area contributed by atoms with Crippen LogP contribution in [0.25, 0.3) is 0 Å². The molecule has 1 fully saturated rings. The Kier molecular flexibility index (Phi) is 4.76. The lowest BCUT2D eigenvalue weighted by molar-refractivity contribution is -0.138. The van der Waals surface area contributed by atoms with Crippen molar-refractivity contribution in [3.63, 3.8) is 0 Å². The highest BCUT2D eigenvalue weighted by molar-refractivity contribution is 7.07. The summed E-state index contributed by atoms with van der Waals surface area (Å²) < 4.78 is 1.43. The molecule has 1 amide bonds. The molecule has 0 aliphatic carbocycles. The summed E-state index contributed by atoms with van der Waals surface area (Å²) in [4.78, 5) is 25.1. The Hall–Kier alpha value is -2.15. The molecule has 6 nitrogen and oxygen atoms in total. The Bertz CT molecular complexity index is 681. The van der Waals surface area contributed by atoms with Crippen LogP contribution in [0.2, 0.25) is 0 Å². The van der Waals surface area contributed by atoms with Crippen molar-refractivity contribution in [3.05, 3.63) is 40.3 Å². The number of aromatic nitrogens is 2. The Morgan fingerprint density at radius 2 is 2.26 bits per heavy atom. The van der Waals surface area contributed by atoms with Gasteiger partial charge in [0.2, 0.25) is 5.91 Å². The van der Waals surface area contributed by atoms with Gasteiger partial charge in [-0.25, -0.2) is 0 Å². The van der Waals surface area contributed by atoms with E-state index in [-0.39, 0.29) is 18.4 Å². The van der Waals surface area contributed by atoms with E-state index in [0.29, 0.717) is 13.0 Å². The molecule has 3 rings (SSSR count). The molecule has 0 radical (unpaired) electrons. The number of aliphatic carboxylic acids is 1. The number of amides is 1. The van der Waals surface area contributed by atoms with E-state index < -0.39 is 5.97 Å². The zero-order chi connectivity index (χ0) is 16.2. The number of carboxylic acid groups (broad SMARTS) is 1. The molecule has 0 saturated carbocycles. The van der Waals surface area contributed by atoms with Crippen molar-refractivity contribution in [3.8, 4) is 0 Å². The Labute approximate surface area is 138 Å². The van der Waals surface area contributed by atoms with Crippen molar-refractivity contribution in [2.24, 2.45) is 0 Å². The number of piperidine rings is 1. The Morgan fingerprint density at radius 1 is 1.39 bits per heavy atom. The van der Waals surface area contributed by atoms with Gasteiger partial charge in [0.05, 0.1) is 12.1 Å². The van der Waals surface area contributed by atoms with Crippen molar-refractivity contribution in [1.29, 1.82) is 0 Å². The number of likely N-dealkylation sites (tertiary alicyclic amines) is 1. The fourth-order valence-electron chi connectivity index (χ4n) is 2.95. The Balaban J connectivity index is 1.62. The maximum atomic E-state index is 12.4. The van der Waals surface area contributed by atoms with E-state index in [9.17, 15) is 9.59 Å². The molecule has 1 aliphatic heterocycles. The minimum Gasteiger partial charge on any atom is -0.480 e. The van der Waals surface area contributed by atoms with Crippen molar-refractivity contribution in [2.75, 3.05) is 13.1 Å². The van der Waals surface area contributed by atoms with Gasteiger partial charge >= 0.3 is 5.97 Å². The summed E-state index contributed by atoms with van der Waals surface area (Å²) in [6.45, 7) is 1.32. The van der Waals surface area contributed by atoms with E-state index in [2.05, 4.69) is 5.10 Å². The molecule has 1 unspecified atom stereocenters. The largest absolute Gasteiger partial charge is 0.480 e. The normalized spacial score (nSPS) is 18.1. The topological polar surface area (TPSA) is 75.4 Å². The van der Waals surface area contributed by atoms with Crippen LogP contribution in [0.15, 0.2) is 29.1 Å². The monoisotopic (exact) mass is 333 g/mol. The van der Waals surface area contributed by atoms with Gasteiger partial charge in [-0.05, 0) is 41.3 Å². The van der Waals surface area contributed by atoms with Gasteiger partial charge < -0.3 is 10.0 Å². The standard InChI is InChI=1S/C16H19N3O3S/c20-15(8-12-4-7-23-11-12)18-5-1-2-13(9-18)14-3-6-19(17-14)10-16(21)22/h3-4,6-7,11,13H,1-2,5,8-10H2,(H,21,22). The molecule has 0 aromatic carbocycles. The van der Waals surface area contributed by atoms with Crippen LogP contribution in [0, 0.1) is 0 Å². The fourth-order valence-corrected chi connectivity index (χ4v) is 3.62. The molecule has 1 aliphatic rings. The lowest BCUT2D eigenvalue weighted by Gasteiger charge is -2.32. The first kappa shape index (κ1) is 15.7. The molecule has 1 saturated heterocycles. The van der Waals surface area contributed by atoms with Crippen molar-refractivity contribution in [2.45, 2.75) is 31.7 Å². The van der Waals surface area contributed by atoms with Crippen LogP contribution in [-0.4, -0.2) is 44.8 Å². The third-order valence-electron chi connectivity index (χ3n) is 4.09. The molecule has 1 N–H and O–H groups in total. The maximum absolute atomic E-state index is 12.4. The van der Waals surface area contributed by atoms with Crippen LogP contribution >= 0.6 is 11.3 Å². The molecule has 1 atom stereocenters. The van der Waals surface area contributed by atoms with E-state index in [1.807, 2.05) is 27.8 Å². The van der Waals surface area contributed by atoms with Crippen molar-refractivity contribution < 1.29 is 14.7 Å². The van der Waals surface area contributed by atoms with Crippen LogP contribution in [0.4, 0.5) is 0 Å². The van der Waals surface area contributed by atoms with Crippen LogP contribution in [-0.2, 0) is 22.6 Å². The average Bonchev–Trinajstić information content (AvgIpc) is 3.18. The van der Waals surface area contributed by atoms with Gasteiger partial charge in [-0.1, -0.05) is 0 Å². The second-order valence-electron chi connectivity index (χ2n) is 5.82. The number of thiophene rings is 1. The van der Waals surface area contributed by atoms with Gasteiger partial charge in [0.15, 0.2) is 0 Å². The highest BCUT2D eigenvalue weighted by Gasteiger charge is 2.26. The molecular formula is C16H19N3O3S. The first-order chi connectivity index (χ1) is 11.1. The van der Waals surface area contributed by atoms with Gasteiger partial charge in [0.1, 0.15) is 6.54 Å². The van der Waals surface area contributed by atoms with Crippen LogP contribution in [0.3, 0.4) is 0 Å². The van der Waals surface area contributed by atoms with Crippen molar-refractivity contribution >= 4 is 23.2 Å².